The van der Waals surface area contributed by atoms with Crippen LogP contribution in [0.4, 0.5) is 0 Å². The van der Waals surface area contributed by atoms with Gasteiger partial charge in [-0.15, -0.1) is 0 Å². The molecule has 0 spiro atoms. The summed E-state index contributed by atoms with van der Waals surface area (Å²) < 4.78 is 0. The van der Waals surface area contributed by atoms with Crippen LogP contribution in [0.15, 0.2) is 23.8 Å². The van der Waals surface area contributed by atoms with Crippen LogP contribution < -0.4 is 0 Å². The average Bonchev–Trinajstić information content (AvgIpc) is 1.94. The molecule has 0 atom stereocenters. The molecule has 0 aromatic carbocycles. The molecule has 4 nitrogen and oxygen atoms in total. The average molecular weight is 198 g/mol. The number of hydrogen-bond donors (Lipinski definition) is 2. The van der Waals surface area contributed by atoms with Crippen molar-refractivity contribution in [2.24, 2.45) is 5.41 Å². The van der Waals surface area contributed by atoms with Crippen LogP contribution in [0.25, 0.3) is 0 Å². The van der Waals surface area contributed by atoms with Gasteiger partial charge in [0.15, 0.2) is 0 Å². The minimum atomic E-state index is -1.16. The molecule has 0 aliphatic rings. The summed E-state index contributed by atoms with van der Waals surface area (Å²) in [6.07, 6.45) is 3.40. The number of rotatable bonds is 3. The zero-order valence-corrected chi connectivity index (χ0v) is 8.44. The minimum Gasteiger partial charge on any atom is -0.478 e. The molecule has 0 radical (unpaired) electrons. The topological polar surface area (TPSA) is 74.6 Å². The Labute approximate surface area is 82.6 Å². The van der Waals surface area contributed by atoms with Gasteiger partial charge in [0.05, 0.1) is 5.57 Å². The van der Waals surface area contributed by atoms with Gasteiger partial charge < -0.3 is 10.2 Å². The molecule has 78 valence electrons. The van der Waals surface area contributed by atoms with Crippen LogP contribution in [-0.4, -0.2) is 22.2 Å². The van der Waals surface area contributed by atoms with Crippen LogP contribution in [0.1, 0.15) is 20.8 Å². The fourth-order valence-corrected chi connectivity index (χ4v) is 0.809. The smallest absolute Gasteiger partial charge is 0.335 e. The van der Waals surface area contributed by atoms with E-state index in [-0.39, 0.29) is 11.0 Å². The number of carboxylic acid groups (broad SMARTS) is 2. The summed E-state index contributed by atoms with van der Waals surface area (Å²) in [7, 11) is 0. The highest BCUT2D eigenvalue weighted by molar-refractivity contribution is 5.92. The maximum Gasteiger partial charge on any atom is 0.335 e. The van der Waals surface area contributed by atoms with E-state index in [1.807, 2.05) is 20.8 Å². The van der Waals surface area contributed by atoms with Crippen LogP contribution in [0.2, 0.25) is 0 Å². The quantitative estimate of drug-likeness (QED) is 0.534. The molecule has 14 heavy (non-hydrogen) atoms. The number of aliphatic carboxylic acids is 2. The molecule has 0 heterocycles. The van der Waals surface area contributed by atoms with Crippen molar-refractivity contribution in [1.82, 2.24) is 0 Å². The zero-order chi connectivity index (χ0) is 11.4. The molecule has 0 fully saturated rings. The summed E-state index contributed by atoms with van der Waals surface area (Å²) in [6, 6.07) is 0. The van der Waals surface area contributed by atoms with E-state index in [0.717, 1.165) is 12.2 Å². The lowest BCUT2D eigenvalue weighted by Crippen LogP contribution is -2.06. The Balaban J connectivity index is 4.89. The summed E-state index contributed by atoms with van der Waals surface area (Å²) in [5.41, 5.74) is -0.309. The molecule has 0 rings (SSSR count). The molecular formula is C10H14O4. The predicted octanol–water partition coefficient (Wildman–Crippen LogP) is 1.68. The summed E-state index contributed by atoms with van der Waals surface area (Å²) in [5.74, 6) is -2.29. The lowest BCUT2D eigenvalue weighted by Gasteiger charge is -2.12. The number of allylic oxidation sites excluding steroid dienone is 1. The van der Waals surface area contributed by atoms with Gasteiger partial charge in [-0.2, -0.15) is 0 Å². The van der Waals surface area contributed by atoms with Gasteiger partial charge in [-0.1, -0.05) is 26.8 Å². The Bertz CT molecular complexity index is 292. The maximum atomic E-state index is 10.7. The highest BCUT2D eigenvalue weighted by Gasteiger charge is 2.11. The third-order valence-corrected chi connectivity index (χ3v) is 1.24. The van der Waals surface area contributed by atoms with E-state index in [1.54, 1.807) is 0 Å². The molecule has 0 unspecified atom stereocenters. The van der Waals surface area contributed by atoms with Crippen LogP contribution in [0, 0.1) is 5.41 Å². The molecule has 4 heteroatoms. The second-order valence-corrected chi connectivity index (χ2v) is 3.94. The lowest BCUT2D eigenvalue weighted by molar-refractivity contribution is -0.132. The molecule has 0 saturated carbocycles. The van der Waals surface area contributed by atoms with Crippen molar-refractivity contribution in [3.05, 3.63) is 23.8 Å². The Hall–Kier alpha value is -1.58. The lowest BCUT2D eigenvalue weighted by atomic mass is 9.93. The van der Waals surface area contributed by atoms with E-state index in [4.69, 9.17) is 10.2 Å². The first-order chi connectivity index (χ1) is 6.22. The largest absolute Gasteiger partial charge is 0.478 e. The van der Waals surface area contributed by atoms with E-state index < -0.39 is 11.9 Å². The highest BCUT2D eigenvalue weighted by Crippen LogP contribution is 2.18. The summed E-state index contributed by atoms with van der Waals surface area (Å²) >= 11 is 0. The Morgan fingerprint density at radius 1 is 1.07 bits per heavy atom. The van der Waals surface area contributed by atoms with Gasteiger partial charge in [-0.05, 0) is 11.5 Å². The van der Waals surface area contributed by atoms with E-state index in [0.29, 0.717) is 0 Å². The SMILES string of the molecule is CC(C)(C)C=C(C=CC(=O)O)C(=O)O. The molecular weight excluding hydrogens is 184 g/mol. The summed E-state index contributed by atoms with van der Waals surface area (Å²) in [6.45, 7) is 5.51. The maximum absolute atomic E-state index is 10.7. The van der Waals surface area contributed by atoms with Crippen LogP contribution in [-0.2, 0) is 9.59 Å². The first kappa shape index (κ1) is 12.4. The third kappa shape index (κ3) is 5.99. The van der Waals surface area contributed by atoms with Gasteiger partial charge in [0.25, 0.3) is 0 Å². The standard InChI is InChI=1S/C10H14O4/c1-10(2,3)6-7(9(13)14)4-5-8(11)12/h4-6H,1-3H3,(H,11,12)(H,13,14). The Morgan fingerprint density at radius 3 is 1.86 bits per heavy atom. The summed E-state index contributed by atoms with van der Waals surface area (Å²) in [4.78, 5) is 20.9. The second-order valence-electron chi connectivity index (χ2n) is 3.94. The number of carbonyl (C=O) groups is 2. The third-order valence-electron chi connectivity index (χ3n) is 1.24. The molecule has 0 aliphatic heterocycles. The molecule has 2 N–H and O–H groups in total. The molecule has 0 bridgehead atoms. The Kier molecular flexibility index (Phi) is 4.08. The normalized spacial score (nSPS) is 13.2. The summed E-state index contributed by atoms with van der Waals surface area (Å²) in [5, 5.41) is 17.1. The number of hydrogen-bond acceptors (Lipinski definition) is 2. The molecule has 0 aromatic heterocycles. The monoisotopic (exact) mass is 198 g/mol. The van der Waals surface area contributed by atoms with Crippen LogP contribution in [0.5, 0.6) is 0 Å². The van der Waals surface area contributed by atoms with E-state index in [9.17, 15) is 9.59 Å². The van der Waals surface area contributed by atoms with Crippen molar-refractivity contribution in [1.29, 1.82) is 0 Å². The fourth-order valence-electron chi connectivity index (χ4n) is 0.809. The Morgan fingerprint density at radius 2 is 1.57 bits per heavy atom. The van der Waals surface area contributed by atoms with E-state index >= 15 is 0 Å². The van der Waals surface area contributed by atoms with Crippen molar-refractivity contribution in [2.45, 2.75) is 20.8 Å². The molecule has 0 saturated heterocycles. The van der Waals surface area contributed by atoms with Crippen molar-refractivity contribution in [2.75, 3.05) is 0 Å². The number of carboxylic acids is 2. The second kappa shape index (κ2) is 4.60. The van der Waals surface area contributed by atoms with Gasteiger partial charge in [-0.3, -0.25) is 0 Å². The molecule has 0 amide bonds. The van der Waals surface area contributed by atoms with Crippen LogP contribution in [0.3, 0.4) is 0 Å². The first-order valence-electron chi connectivity index (χ1n) is 4.09. The van der Waals surface area contributed by atoms with Crippen molar-refractivity contribution in [3.8, 4) is 0 Å². The molecule has 0 aromatic rings. The van der Waals surface area contributed by atoms with Crippen LogP contribution >= 0.6 is 0 Å². The van der Waals surface area contributed by atoms with E-state index in [2.05, 4.69) is 0 Å². The highest BCUT2D eigenvalue weighted by atomic mass is 16.4. The minimum absolute atomic E-state index is 0.0140. The van der Waals surface area contributed by atoms with Gasteiger partial charge >= 0.3 is 11.9 Å². The van der Waals surface area contributed by atoms with Gasteiger partial charge in [0.1, 0.15) is 0 Å². The van der Waals surface area contributed by atoms with Gasteiger partial charge in [0.2, 0.25) is 0 Å². The predicted molar refractivity (Wildman–Crippen MR) is 51.9 cm³/mol. The van der Waals surface area contributed by atoms with Crippen molar-refractivity contribution < 1.29 is 19.8 Å². The zero-order valence-electron chi connectivity index (χ0n) is 8.44. The van der Waals surface area contributed by atoms with Gasteiger partial charge in [0, 0.05) is 6.08 Å². The van der Waals surface area contributed by atoms with Crippen molar-refractivity contribution in [3.63, 3.8) is 0 Å². The fraction of sp³-hybridized carbons (Fsp3) is 0.400. The molecule has 0 aliphatic carbocycles. The van der Waals surface area contributed by atoms with Crippen molar-refractivity contribution >= 4 is 11.9 Å². The van der Waals surface area contributed by atoms with E-state index in [1.165, 1.54) is 6.08 Å². The van der Waals surface area contributed by atoms with Gasteiger partial charge in [-0.25, -0.2) is 9.59 Å². The first-order valence-corrected chi connectivity index (χ1v) is 4.09.